The molecule has 33 heavy (non-hydrogen) atoms. The molecular weight excluding hydrogens is 442 g/mol. The van der Waals surface area contributed by atoms with Gasteiger partial charge >= 0.3 is 5.97 Å². The van der Waals surface area contributed by atoms with Crippen LogP contribution in [0.25, 0.3) is 0 Å². The summed E-state index contributed by atoms with van der Waals surface area (Å²) < 4.78 is 0. The summed E-state index contributed by atoms with van der Waals surface area (Å²) in [5.41, 5.74) is 5.12. The summed E-state index contributed by atoms with van der Waals surface area (Å²) in [5, 5.41) is 27.4. The smallest absolute Gasteiger partial charge is 0.305 e. The van der Waals surface area contributed by atoms with Crippen LogP contribution in [-0.2, 0) is 33.6 Å². The molecule has 5 amide bonds. The molecule has 0 heterocycles. The maximum atomic E-state index is 12.8. The molecule has 0 aromatic carbocycles. The van der Waals surface area contributed by atoms with Gasteiger partial charge in [-0.1, -0.05) is 13.8 Å². The fraction of sp³-hybridized carbons (Fsp3) is 0.632. The molecule has 0 aromatic rings. The Bertz CT molecular complexity index is 753. The van der Waals surface area contributed by atoms with E-state index in [2.05, 4.69) is 21.3 Å². The van der Waals surface area contributed by atoms with E-state index in [1.54, 1.807) is 13.8 Å². The fourth-order valence-electron chi connectivity index (χ4n) is 2.62. The van der Waals surface area contributed by atoms with Crippen molar-refractivity contribution in [1.82, 2.24) is 21.3 Å². The van der Waals surface area contributed by atoms with Crippen molar-refractivity contribution in [1.29, 1.82) is 0 Å². The molecule has 0 unspecified atom stereocenters. The maximum Gasteiger partial charge on any atom is 0.305 e. The molecule has 0 radical (unpaired) electrons. The number of carbonyl (C=O) groups excluding carboxylic acids is 6. The van der Waals surface area contributed by atoms with Crippen molar-refractivity contribution in [2.45, 2.75) is 70.8 Å². The predicted octanol–water partition coefficient (Wildman–Crippen LogP) is -3.47. The lowest BCUT2D eigenvalue weighted by Crippen LogP contribution is -2.59. The monoisotopic (exact) mass is 473 g/mol. The van der Waals surface area contributed by atoms with E-state index in [9.17, 15) is 38.7 Å². The molecule has 0 saturated heterocycles. The molecule has 0 aromatic heterocycles. The van der Waals surface area contributed by atoms with Crippen molar-refractivity contribution >= 4 is 41.8 Å². The van der Waals surface area contributed by atoms with Crippen LogP contribution >= 0.6 is 0 Å². The topological polar surface area (TPSA) is 234 Å². The summed E-state index contributed by atoms with van der Waals surface area (Å²) in [7, 11) is 0. The van der Waals surface area contributed by atoms with Crippen molar-refractivity contribution in [3.8, 4) is 0 Å². The molecule has 0 aliphatic heterocycles. The summed E-state index contributed by atoms with van der Waals surface area (Å²) in [5.74, 6) is -6.38. The van der Waals surface area contributed by atoms with E-state index in [0.717, 1.165) is 6.92 Å². The summed E-state index contributed by atoms with van der Waals surface area (Å²) >= 11 is 0. The second kappa shape index (κ2) is 13.8. The first-order valence-corrected chi connectivity index (χ1v) is 10.0. The second-order valence-corrected chi connectivity index (χ2v) is 7.72. The van der Waals surface area contributed by atoms with Crippen molar-refractivity contribution in [3.05, 3.63) is 0 Å². The molecule has 0 aliphatic carbocycles. The number of carbonyl (C=O) groups is 7. The maximum absolute atomic E-state index is 12.8. The molecule has 14 nitrogen and oxygen atoms in total. The number of aldehydes is 1. The van der Waals surface area contributed by atoms with Crippen molar-refractivity contribution in [2.24, 2.45) is 11.7 Å². The Kier molecular flexibility index (Phi) is 12.3. The van der Waals surface area contributed by atoms with Crippen LogP contribution in [0.3, 0.4) is 0 Å². The van der Waals surface area contributed by atoms with Gasteiger partial charge in [0.05, 0.1) is 18.9 Å². The summed E-state index contributed by atoms with van der Waals surface area (Å²) in [6, 6.07) is -5.58. The SMILES string of the molecule is CC(=O)N[C@@H](CC(=O)O)C(=O)N[C@H](C(=O)N[C@@H](CC(N)=O)C(=O)N[C@H](C=O)[C@@H](C)O)C(C)C. The first-order valence-electron chi connectivity index (χ1n) is 10.0. The number of hydrogen-bond acceptors (Lipinski definition) is 8. The van der Waals surface area contributed by atoms with Gasteiger partial charge in [-0.05, 0) is 12.8 Å². The number of rotatable bonds is 14. The largest absolute Gasteiger partial charge is 0.481 e. The van der Waals surface area contributed by atoms with E-state index in [4.69, 9.17) is 10.8 Å². The highest BCUT2D eigenvalue weighted by Gasteiger charge is 2.33. The lowest BCUT2D eigenvalue weighted by atomic mass is 10.0. The molecule has 0 aliphatic rings. The zero-order chi connectivity index (χ0) is 25.9. The number of carboxylic acid groups (broad SMARTS) is 1. The minimum atomic E-state index is -1.53. The van der Waals surface area contributed by atoms with Crippen LogP contribution in [0.15, 0.2) is 0 Å². The number of nitrogens with one attached hydrogen (secondary N) is 4. The summed E-state index contributed by atoms with van der Waals surface area (Å²) in [6.07, 6.45) is -2.36. The van der Waals surface area contributed by atoms with Crippen LogP contribution in [0.1, 0.15) is 40.5 Å². The third-order valence-corrected chi connectivity index (χ3v) is 4.33. The first kappa shape index (κ1) is 29.5. The van der Waals surface area contributed by atoms with Gasteiger partial charge in [0.2, 0.25) is 29.5 Å². The molecule has 186 valence electrons. The number of primary amides is 1. The minimum absolute atomic E-state index is 0.271. The van der Waals surface area contributed by atoms with Gasteiger partial charge in [0, 0.05) is 6.92 Å². The molecule has 0 fully saturated rings. The van der Waals surface area contributed by atoms with E-state index in [0.29, 0.717) is 0 Å². The Morgan fingerprint density at radius 2 is 1.36 bits per heavy atom. The van der Waals surface area contributed by atoms with Gasteiger partial charge in [0.15, 0.2) is 0 Å². The van der Waals surface area contributed by atoms with Crippen LogP contribution in [0, 0.1) is 5.92 Å². The van der Waals surface area contributed by atoms with Gasteiger partial charge in [-0.2, -0.15) is 0 Å². The zero-order valence-corrected chi connectivity index (χ0v) is 18.8. The van der Waals surface area contributed by atoms with Gasteiger partial charge in [-0.3, -0.25) is 28.8 Å². The summed E-state index contributed by atoms with van der Waals surface area (Å²) in [6.45, 7) is 5.43. The number of nitrogens with two attached hydrogens (primary N) is 1. The number of aliphatic hydroxyl groups excluding tert-OH is 1. The van der Waals surface area contributed by atoms with Crippen molar-refractivity contribution in [3.63, 3.8) is 0 Å². The highest BCUT2D eigenvalue weighted by molar-refractivity contribution is 5.97. The van der Waals surface area contributed by atoms with Crippen LogP contribution in [0.5, 0.6) is 0 Å². The summed E-state index contributed by atoms with van der Waals surface area (Å²) in [4.78, 5) is 82.4. The number of aliphatic carboxylic acids is 1. The van der Waals surface area contributed by atoms with Gasteiger partial charge in [-0.15, -0.1) is 0 Å². The first-order chi connectivity index (χ1) is 15.2. The molecule has 0 spiro atoms. The number of hydrogen-bond donors (Lipinski definition) is 7. The van der Waals surface area contributed by atoms with E-state index >= 15 is 0 Å². The third-order valence-electron chi connectivity index (χ3n) is 4.33. The van der Waals surface area contributed by atoms with Crippen molar-refractivity contribution < 1.29 is 43.8 Å². The molecule has 8 N–H and O–H groups in total. The lowest BCUT2D eigenvalue weighted by molar-refractivity contribution is -0.141. The molecule has 5 atom stereocenters. The van der Waals surface area contributed by atoms with Gasteiger partial charge in [0.25, 0.3) is 0 Å². The van der Waals surface area contributed by atoms with Crippen LogP contribution in [0.4, 0.5) is 0 Å². The van der Waals surface area contributed by atoms with E-state index in [1.165, 1.54) is 6.92 Å². The third kappa shape index (κ3) is 11.0. The lowest BCUT2D eigenvalue weighted by Gasteiger charge is -2.27. The van der Waals surface area contributed by atoms with Crippen LogP contribution in [-0.4, -0.2) is 82.3 Å². The number of aliphatic hydroxyl groups is 1. The Morgan fingerprint density at radius 1 is 0.848 bits per heavy atom. The van der Waals surface area contributed by atoms with Crippen molar-refractivity contribution in [2.75, 3.05) is 0 Å². The van der Waals surface area contributed by atoms with E-state index in [-0.39, 0.29) is 6.29 Å². The highest BCUT2D eigenvalue weighted by atomic mass is 16.4. The highest BCUT2D eigenvalue weighted by Crippen LogP contribution is 2.06. The van der Waals surface area contributed by atoms with Gasteiger partial charge in [-0.25, -0.2) is 0 Å². The van der Waals surface area contributed by atoms with Gasteiger partial charge < -0.3 is 42.0 Å². The van der Waals surface area contributed by atoms with E-state index in [1.807, 2.05) is 0 Å². The Balaban J connectivity index is 5.59. The molecule has 0 bridgehead atoms. The number of amides is 5. The normalized spacial score (nSPS) is 15.2. The molecule has 0 saturated carbocycles. The Hall–Kier alpha value is -3.55. The quantitative estimate of drug-likeness (QED) is 0.124. The Morgan fingerprint density at radius 3 is 1.76 bits per heavy atom. The Labute approximate surface area is 190 Å². The minimum Gasteiger partial charge on any atom is -0.481 e. The molecule has 0 rings (SSSR count). The zero-order valence-electron chi connectivity index (χ0n) is 18.8. The average molecular weight is 473 g/mol. The van der Waals surface area contributed by atoms with Crippen LogP contribution < -0.4 is 27.0 Å². The molecule has 14 heteroatoms. The average Bonchev–Trinajstić information content (AvgIpc) is 2.66. The number of carboxylic acids is 1. The van der Waals surface area contributed by atoms with Gasteiger partial charge in [0.1, 0.15) is 30.5 Å². The standard InChI is InChI=1S/C19H31N5O9/c1-8(2)16(24-18(32)12(6-15(29)30)21-10(4)27)19(33)22-11(5-14(20)28)17(31)23-13(7-25)9(3)26/h7-9,11-13,16,26H,5-6H2,1-4H3,(H2,20,28)(H,21,27)(H,22,33)(H,23,31)(H,24,32)(H,29,30)/t9-,11+,12+,13-,16+/m1/s1. The van der Waals surface area contributed by atoms with Crippen LogP contribution in [0.2, 0.25) is 0 Å². The molecular formula is C19H31N5O9. The fourth-order valence-corrected chi connectivity index (χ4v) is 2.62. The second-order valence-electron chi connectivity index (χ2n) is 7.72. The predicted molar refractivity (Wildman–Crippen MR) is 112 cm³/mol. The van der Waals surface area contributed by atoms with E-state index < -0.39 is 84.5 Å².